The third-order valence-corrected chi connectivity index (χ3v) is 4.78. The van der Waals surface area contributed by atoms with Crippen molar-refractivity contribution in [3.8, 4) is 0 Å². The normalized spacial score (nSPS) is 11.3. The lowest BCUT2D eigenvalue weighted by atomic mass is 10.2. The maximum Gasteiger partial charge on any atom is 0.262 e. The molecule has 4 nitrogen and oxygen atoms in total. The van der Waals surface area contributed by atoms with Gasteiger partial charge < -0.3 is 5.73 Å². The Kier molecular flexibility index (Phi) is 4.13. The van der Waals surface area contributed by atoms with Crippen LogP contribution in [0.2, 0.25) is 10.0 Å². The summed E-state index contributed by atoms with van der Waals surface area (Å²) < 4.78 is 27.1. The molecular formula is C13H12Cl2N2O2S. The molecule has 0 radical (unpaired) electrons. The largest absolute Gasteiger partial charge is 0.397 e. The number of nitrogens with two attached hydrogens (primary N) is 1. The number of aryl methyl sites for hydroxylation is 1. The number of nitrogens with one attached hydrogen (secondary N) is 1. The number of hydrogen-bond donors (Lipinski definition) is 2. The molecule has 2 aromatic rings. The molecule has 0 atom stereocenters. The summed E-state index contributed by atoms with van der Waals surface area (Å²) in [6.45, 7) is 1.65. The van der Waals surface area contributed by atoms with E-state index in [2.05, 4.69) is 4.72 Å². The van der Waals surface area contributed by atoms with Gasteiger partial charge in [0.25, 0.3) is 10.0 Å². The summed E-state index contributed by atoms with van der Waals surface area (Å²) in [6.07, 6.45) is 0. The molecule has 106 valence electrons. The van der Waals surface area contributed by atoms with Gasteiger partial charge in [0.05, 0.1) is 15.6 Å². The van der Waals surface area contributed by atoms with E-state index < -0.39 is 10.0 Å². The molecule has 0 saturated heterocycles. The van der Waals surface area contributed by atoms with Gasteiger partial charge in [-0.15, -0.1) is 0 Å². The molecule has 2 rings (SSSR count). The van der Waals surface area contributed by atoms with Crippen molar-refractivity contribution in [1.82, 2.24) is 0 Å². The van der Waals surface area contributed by atoms with E-state index in [0.717, 1.165) is 0 Å². The Morgan fingerprint density at radius 2 is 1.70 bits per heavy atom. The molecule has 2 aromatic carbocycles. The van der Waals surface area contributed by atoms with Crippen LogP contribution in [0.3, 0.4) is 0 Å². The molecule has 20 heavy (non-hydrogen) atoms. The zero-order valence-corrected chi connectivity index (χ0v) is 12.9. The van der Waals surface area contributed by atoms with Crippen molar-refractivity contribution >= 4 is 44.6 Å². The maximum absolute atomic E-state index is 12.3. The van der Waals surface area contributed by atoms with E-state index in [4.69, 9.17) is 28.9 Å². The highest BCUT2D eigenvalue weighted by Gasteiger charge is 2.18. The Labute approximate surface area is 127 Å². The Bertz CT molecular complexity index is 744. The van der Waals surface area contributed by atoms with Crippen molar-refractivity contribution in [1.29, 1.82) is 0 Å². The standard InChI is InChI=1S/C13H12Cl2N2O2S/c1-8-6-11(15)12(16)7-13(8)20(18,19)17-10-4-2-9(14)3-5-10/h2-7,17H,16H2,1H3. The van der Waals surface area contributed by atoms with Gasteiger partial charge in [0.15, 0.2) is 0 Å². The predicted octanol–water partition coefficient (Wildman–Crippen LogP) is 3.68. The zero-order chi connectivity index (χ0) is 14.9. The molecule has 0 saturated carbocycles. The molecule has 0 aliphatic heterocycles. The van der Waals surface area contributed by atoms with Gasteiger partial charge in [0, 0.05) is 10.7 Å². The van der Waals surface area contributed by atoms with Crippen molar-refractivity contribution in [2.24, 2.45) is 0 Å². The molecule has 3 N–H and O–H groups in total. The SMILES string of the molecule is Cc1cc(Cl)c(N)cc1S(=O)(=O)Nc1ccc(Cl)cc1. The lowest BCUT2D eigenvalue weighted by molar-refractivity contribution is 0.600. The molecular weight excluding hydrogens is 319 g/mol. The van der Waals surface area contributed by atoms with Gasteiger partial charge in [-0.3, -0.25) is 4.72 Å². The van der Waals surface area contributed by atoms with E-state index in [0.29, 0.717) is 21.3 Å². The number of anilines is 2. The van der Waals surface area contributed by atoms with E-state index in [1.165, 1.54) is 12.1 Å². The van der Waals surface area contributed by atoms with Gasteiger partial charge in [0.1, 0.15) is 0 Å². The van der Waals surface area contributed by atoms with Crippen LogP contribution in [-0.4, -0.2) is 8.42 Å². The molecule has 7 heteroatoms. The summed E-state index contributed by atoms with van der Waals surface area (Å²) in [6, 6.07) is 9.22. The van der Waals surface area contributed by atoms with Gasteiger partial charge in [-0.1, -0.05) is 23.2 Å². The number of hydrogen-bond acceptors (Lipinski definition) is 3. The van der Waals surface area contributed by atoms with Gasteiger partial charge in [0.2, 0.25) is 0 Å². The van der Waals surface area contributed by atoms with E-state index in [-0.39, 0.29) is 10.6 Å². The molecule has 0 spiro atoms. The van der Waals surface area contributed by atoms with Crippen molar-refractivity contribution < 1.29 is 8.42 Å². The Morgan fingerprint density at radius 1 is 1.10 bits per heavy atom. The van der Waals surface area contributed by atoms with E-state index >= 15 is 0 Å². The first-order valence-electron chi connectivity index (χ1n) is 5.63. The second-order valence-electron chi connectivity index (χ2n) is 4.25. The first-order valence-corrected chi connectivity index (χ1v) is 7.87. The van der Waals surface area contributed by atoms with Crippen LogP contribution < -0.4 is 10.5 Å². The highest BCUT2D eigenvalue weighted by atomic mass is 35.5. The van der Waals surface area contributed by atoms with Crippen LogP contribution in [0.25, 0.3) is 0 Å². The van der Waals surface area contributed by atoms with Crippen LogP contribution in [0.4, 0.5) is 11.4 Å². The minimum absolute atomic E-state index is 0.0920. The Balaban J connectivity index is 2.40. The van der Waals surface area contributed by atoms with Crippen LogP contribution in [0.15, 0.2) is 41.3 Å². The third kappa shape index (κ3) is 3.17. The molecule has 0 amide bonds. The van der Waals surface area contributed by atoms with E-state index in [1.807, 2.05) is 0 Å². The predicted molar refractivity (Wildman–Crippen MR) is 82.9 cm³/mol. The topological polar surface area (TPSA) is 72.2 Å². The first-order chi connectivity index (χ1) is 9.29. The summed E-state index contributed by atoms with van der Waals surface area (Å²) in [5.41, 5.74) is 6.81. The average molecular weight is 331 g/mol. The highest BCUT2D eigenvalue weighted by Crippen LogP contribution is 2.27. The van der Waals surface area contributed by atoms with E-state index in [9.17, 15) is 8.42 Å². The van der Waals surface area contributed by atoms with Gasteiger partial charge in [-0.2, -0.15) is 0 Å². The minimum atomic E-state index is -3.73. The Hall–Kier alpha value is -1.43. The number of rotatable bonds is 3. The van der Waals surface area contributed by atoms with Crippen molar-refractivity contribution in [3.63, 3.8) is 0 Å². The summed E-state index contributed by atoms with van der Waals surface area (Å²) in [5, 5.41) is 0.854. The van der Waals surface area contributed by atoms with Gasteiger partial charge in [-0.25, -0.2) is 8.42 Å². The number of sulfonamides is 1. The van der Waals surface area contributed by atoms with Crippen LogP contribution >= 0.6 is 23.2 Å². The number of benzene rings is 2. The molecule has 0 aliphatic carbocycles. The third-order valence-electron chi connectivity index (χ3n) is 2.68. The second kappa shape index (κ2) is 5.52. The fourth-order valence-corrected chi connectivity index (χ4v) is 3.35. The van der Waals surface area contributed by atoms with Crippen LogP contribution in [-0.2, 0) is 10.0 Å². The Morgan fingerprint density at radius 3 is 2.30 bits per heavy atom. The average Bonchev–Trinajstić information content (AvgIpc) is 2.36. The first kappa shape index (κ1) is 15.0. The second-order valence-corrected chi connectivity index (χ2v) is 6.75. The van der Waals surface area contributed by atoms with Crippen LogP contribution in [0.5, 0.6) is 0 Å². The zero-order valence-electron chi connectivity index (χ0n) is 10.5. The lowest BCUT2D eigenvalue weighted by Crippen LogP contribution is -2.14. The van der Waals surface area contributed by atoms with Gasteiger partial charge in [-0.05, 0) is 48.9 Å². The van der Waals surface area contributed by atoms with Gasteiger partial charge >= 0.3 is 0 Å². The summed E-state index contributed by atoms with van der Waals surface area (Å²) in [5.74, 6) is 0. The molecule has 0 heterocycles. The molecule has 0 bridgehead atoms. The summed E-state index contributed by atoms with van der Waals surface area (Å²) in [7, 11) is -3.73. The van der Waals surface area contributed by atoms with Crippen LogP contribution in [0, 0.1) is 6.92 Å². The van der Waals surface area contributed by atoms with E-state index in [1.54, 1.807) is 31.2 Å². The fraction of sp³-hybridized carbons (Fsp3) is 0.0769. The molecule has 0 fully saturated rings. The summed E-state index contributed by atoms with van der Waals surface area (Å²) in [4.78, 5) is 0.0920. The fourth-order valence-electron chi connectivity index (χ4n) is 1.69. The van der Waals surface area contributed by atoms with Crippen molar-refractivity contribution in [2.45, 2.75) is 11.8 Å². The van der Waals surface area contributed by atoms with Crippen LogP contribution in [0.1, 0.15) is 5.56 Å². The molecule has 0 aliphatic rings. The summed E-state index contributed by atoms with van der Waals surface area (Å²) >= 11 is 11.6. The highest BCUT2D eigenvalue weighted by molar-refractivity contribution is 7.92. The quantitative estimate of drug-likeness (QED) is 0.843. The molecule has 0 aromatic heterocycles. The minimum Gasteiger partial charge on any atom is -0.397 e. The molecule has 0 unspecified atom stereocenters. The lowest BCUT2D eigenvalue weighted by Gasteiger charge is -2.12. The number of nitrogen functional groups attached to an aromatic ring is 1. The van der Waals surface area contributed by atoms with Crippen molar-refractivity contribution in [3.05, 3.63) is 52.0 Å². The smallest absolute Gasteiger partial charge is 0.262 e. The number of halogens is 2. The monoisotopic (exact) mass is 330 g/mol. The maximum atomic E-state index is 12.3. The van der Waals surface area contributed by atoms with Crippen molar-refractivity contribution in [2.75, 3.05) is 10.5 Å².